The van der Waals surface area contributed by atoms with E-state index in [2.05, 4.69) is 47.7 Å². The van der Waals surface area contributed by atoms with Gasteiger partial charge in [-0.1, -0.05) is 6.07 Å². The third-order valence-electron chi connectivity index (χ3n) is 4.94. The molecule has 0 radical (unpaired) electrons. The Morgan fingerprint density at radius 2 is 1.90 bits per heavy atom. The maximum absolute atomic E-state index is 4.75. The second-order valence-corrected chi connectivity index (χ2v) is 6.70. The Kier molecular flexibility index (Phi) is 4.45. The van der Waals surface area contributed by atoms with Gasteiger partial charge in [-0.3, -0.25) is 4.90 Å². The molecule has 1 aromatic heterocycles. The molecule has 2 aliphatic heterocycles. The Morgan fingerprint density at radius 1 is 1.14 bits per heavy atom. The fourth-order valence-electron chi connectivity index (χ4n) is 3.69. The highest BCUT2D eigenvalue weighted by atomic mass is 15.3. The van der Waals surface area contributed by atoms with E-state index in [0.717, 1.165) is 26.2 Å². The van der Waals surface area contributed by atoms with Crippen molar-refractivity contribution >= 4 is 5.82 Å². The number of aromatic nitrogens is 1. The molecule has 0 N–H and O–H groups in total. The van der Waals surface area contributed by atoms with Gasteiger partial charge < -0.3 is 9.80 Å². The van der Waals surface area contributed by atoms with E-state index in [1.54, 1.807) is 0 Å². The second kappa shape index (κ2) is 6.32. The third-order valence-corrected chi connectivity index (χ3v) is 4.94. The molecule has 3 heterocycles. The molecule has 4 nitrogen and oxygen atoms in total. The van der Waals surface area contributed by atoms with Crippen molar-refractivity contribution in [1.29, 1.82) is 0 Å². The van der Waals surface area contributed by atoms with Gasteiger partial charge in [0, 0.05) is 50.0 Å². The lowest BCUT2D eigenvalue weighted by Crippen LogP contribution is -2.45. The molecule has 116 valence electrons. The zero-order valence-electron chi connectivity index (χ0n) is 13.6. The van der Waals surface area contributed by atoms with Crippen molar-refractivity contribution in [3.8, 4) is 0 Å². The van der Waals surface area contributed by atoms with Gasteiger partial charge in [0.05, 0.1) is 0 Å². The van der Waals surface area contributed by atoms with Crippen molar-refractivity contribution in [1.82, 2.24) is 14.8 Å². The van der Waals surface area contributed by atoms with Crippen LogP contribution >= 0.6 is 0 Å². The van der Waals surface area contributed by atoms with E-state index in [-0.39, 0.29) is 0 Å². The van der Waals surface area contributed by atoms with Gasteiger partial charge in [-0.15, -0.1) is 0 Å². The Bertz CT molecular complexity index is 466. The van der Waals surface area contributed by atoms with E-state index in [0.29, 0.717) is 12.1 Å². The standard InChI is InChI=1S/C17H28N4/c1-14(2)21-9-5-7-16(21)15-6-4-8-18-17(15)20-12-10-19(3)11-13-20/h4,6,8,14,16H,5,7,9-13H2,1-3H3/t16-/m1/s1. The van der Waals surface area contributed by atoms with Crippen LogP contribution in [-0.4, -0.2) is 60.6 Å². The van der Waals surface area contributed by atoms with Crippen LogP contribution in [0.25, 0.3) is 0 Å². The van der Waals surface area contributed by atoms with E-state index < -0.39 is 0 Å². The Labute approximate surface area is 128 Å². The highest BCUT2D eigenvalue weighted by molar-refractivity contribution is 5.49. The maximum Gasteiger partial charge on any atom is 0.133 e. The number of likely N-dealkylation sites (tertiary alicyclic amines) is 1. The average Bonchev–Trinajstić information content (AvgIpc) is 2.98. The van der Waals surface area contributed by atoms with Crippen molar-refractivity contribution in [2.24, 2.45) is 0 Å². The Balaban J connectivity index is 1.85. The van der Waals surface area contributed by atoms with Crippen LogP contribution in [0.1, 0.15) is 38.3 Å². The predicted octanol–water partition coefficient (Wildman–Crippen LogP) is 2.38. The van der Waals surface area contributed by atoms with Crippen LogP contribution < -0.4 is 4.90 Å². The predicted molar refractivity (Wildman–Crippen MR) is 87.8 cm³/mol. The van der Waals surface area contributed by atoms with Gasteiger partial charge in [0.25, 0.3) is 0 Å². The van der Waals surface area contributed by atoms with Crippen molar-refractivity contribution in [3.05, 3.63) is 23.9 Å². The average molecular weight is 288 g/mol. The first-order valence-electron chi connectivity index (χ1n) is 8.31. The van der Waals surface area contributed by atoms with Crippen LogP contribution in [0.5, 0.6) is 0 Å². The van der Waals surface area contributed by atoms with Gasteiger partial charge in [-0.25, -0.2) is 4.98 Å². The summed E-state index contributed by atoms with van der Waals surface area (Å²) in [6, 6.07) is 5.56. The molecule has 0 bridgehead atoms. The fourth-order valence-corrected chi connectivity index (χ4v) is 3.69. The largest absolute Gasteiger partial charge is 0.354 e. The number of pyridine rings is 1. The monoisotopic (exact) mass is 288 g/mol. The van der Waals surface area contributed by atoms with Crippen LogP contribution in [0.4, 0.5) is 5.82 Å². The van der Waals surface area contributed by atoms with Crippen molar-refractivity contribution in [2.45, 2.75) is 38.8 Å². The summed E-state index contributed by atoms with van der Waals surface area (Å²) in [6.45, 7) is 10.3. The zero-order valence-corrected chi connectivity index (χ0v) is 13.6. The number of likely N-dealkylation sites (N-methyl/N-ethyl adjacent to an activating group) is 1. The molecule has 1 atom stereocenters. The SMILES string of the molecule is CC(C)N1CCC[C@@H]1c1cccnc1N1CCN(C)CC1. The van der Waals surface area contributed by atoms with Crippen LogP contribution in [0.3, 0.4) is 0 Å². The minimum atomic E-state index is 0.549. The summed E-state index contributed by atoms with van der Waals surface area (Å²) in [6.07, 6.45) is 4.52. The topological polar surface area (TPSA) is 22.6 Å². The summed E-state index contributed by atoms with van der Waals surface area (Å²) in [4.78, 5) is 12.3. The summed E-state index contributed by atoms with van der Waals surface area (Å²) >= 11 is 0. The van der Waals surface area contributed by atoms with Gasteiger partial charge >= 0.3 is 0 Å². The van der Waals surface area contributed by atoms with Crippen molar-refractivity contribution in [3.63, 3.8) is 0 Å². The molecule has 1 aromatic rings. The third kappa shape index (κ3) is 3.06. The Morgan fingerprint density at radius 3 is 2.62 bits per heavy atom. The lowest BCUT2D eigenvalue weighted by Gasteiger charge is -2.36. The van der Waals surface area contributed by atoms with Gasteiger partial charge in [-0.2, -0.15) is 0 Å². The first-order chi connectivity index (χ1) is 10.2. The minimum Gasteiger partial charge on any atom is -0.354 e. The molecule has 4 heteroatoms. The van der Waals surface area contributed by atoms with E-state index >= 15 is 0 Å². The molecule has 2 aliphatic rings. The summed E-state index contributed by atoms with van der Waals surface area (Å²) < 4.78 is 0. The molecule has 0 aromatic carbocycles. The van der Waals surface area contributed by atoms with E-state index in [1.807, 2.05) is 6.20 Å². The summed E-state index contributed by atoms with van der Waals surface area (Å²) in [7, 11) is 2.20. The zero-order chi connectivity index (χ0) is 14.8. The van der Waals surface area contributed by atoms with Crippen LogP contribution in [0.15, 0.2) is 18.3 Å². The highest BCUT2D eigenvalue weighted by Gasteiger charge is 2.31. The van der Waals surface area contributed by atoms with Crippen LogP contribution in [0.2, 0.25) is 0 Å². The van der Waals surface area contributed by atoms with Gasteiger partial charge in [-0.05, 0) is 46.3 Å². The van der Waals surface area contributed by atoms with Gasteiger partial charge in [0.15, 0.2) is 0 Å². The molecule has 2 fully saturated rings. The van der Waals surface area contributed by atoms with E-state index in [9.17, 15) is 0 Å². The molecule has 0 aliphatic carbocycles. The Hall–Kier alpha value is -1.13. The molecule has 21 heavy (non-hydrogen) atoms. The fraction of sp³-hybridized carbons (Fsp3) is 0.706. The molecule has 3 rings (SSSR count). The summed E-state index contributed by atoms with van der Waals surface area (Å²) in [5.74, 6) is 1.23. The van der Waals surface area contributed by atoms with Gasteiger partial charge in [0.1, 0.15) is 5.82 Å². The summed E-state index contributed by atoms with van der Waals surface area (Å²) in [5.41, 5.74) is 1.44. The number of piperazine rings is 1. The smallest absolute Gasteiger partial charge is 0.133 e. The highest BCUT2D eigenvalue weighted by Crippen LogP contribution is 2.37. The molecule has 0 saturated carbocycles. The van der Waals surface area contributed by atoms with E-state index in [4.69, 9.17) is 4.98 Å². The summed E-state index contributed by atoms with van der Waals surface area (Å²) in [5, 5.41) is 0. The molecule has 0 spiro atoms. The van der Waals surface area contributed by atoms with Crippen molar-refractivity contribution < 1.29 is 0 Å². The second-order valence-electron chi connectivity index (χ2n) is 6.70. The molecule has 0 amide bonds. The number of anilines is 1. The van der Waals surface area contributed by atoms with E-state index in [1.165, 1.54) is 30.8 Å². The molecule has 2 saturated heterocycles. The number of nitrogens with zero attached hydrogens (tertiary/aromatic N) is 4. The molecule has 0 unspecified atom stereocenters. The number of hydrogen-bond donors (Lipinski definition) is 0. The van der Waals surface area contributed by atoms with Crippen LogP contribution in [-0.2, 0) is 0 Å². The quantitative estimate of drug-likeness (QED) is 0.851. The first-order valence-corrected chi connectivity index (χ1v) is 8.31. The first kappa shape index (κ1) is 14.8. The lowest BCUT2D eigenvalue weighted by atomic mass is 10.0. The maximum atomic E-state index is 4.75. The molecular weight excluding hydrogens is 260 g/mol. The lowest BCUT2D eigenvalue weighted by molar-refractivity contribution is 0.205. The minimum absolute atomic E-state index is 0.549. The van der Waals surface area contributed by atoms with Crippen molar-refractivity contribution in [2.75, 3.05) is 44.7 Å². The number of rotatable bonds is 3. The normalized spacial score (nSPS) is 25.0. The number of hydrogen-bond acceptors (Lipinski definition) is 4. The van der Waals surface area contributed by atoms with Gasteiger partial charge in [0.2, 0.25) is 0 Å². The van der Waals surface area contributed by atoms with Crippen LogP contribution in [0, 0.1) is 0 Å². The molecular formula is C17H28N4.